The lowest BCUT2D eigenvalue weighted by atomic mass is 9.95. The summed E-state index contributed by atoms with van der Waals surface area (Å²) in [5.41, 5.74) is -0.446. The normalized spacial score (nSPS) is 10.6. The molecule has 0 aliphatic carbocycles. The molecule has 0 aromatic heterocycles. The van der Waals surface area contributed by atoms with Crippen molar-refractivity contribution in [1.29, 1.82) is 0 Å². The fourth-order valence-electron chi connectivity index (χ4n) is 3.64. The van der Waals surface area contributed by atoms with Crippen molar-refractivity contribution in [3.8, 4) is 45.6 Å². The summed E-state index contributed by atoms with van der Waals surface area (Å²) in [6, 6.07) is 13.7. The standard InChI is InChI=1S/C28H18O10/c29-19-7-3-15(11-23(19)33)25(35)27(37)17-5-1-13(9-21(17)31)14-2-6-18(22(32)10-14)28(38)26(36)16-4-8-20(30)24(34)12-16/h1-12,29-34H. The lowest BCUT2D eigenvalue weighted by molar-refractivity contribution is 0.0815. The van der Waals surface area contributed by atoms with E-state index < -0.39 is 57.6 Å². The molecule has 0 bridgehead atoms. The molecule has 38 heavy (non-hydrogen) atoms. The maximum absolute atomic E-state index is 12.6. The van der Waals surface area contributed by atoms with E-state index >= 15 is 0 Å². The molecule has 0 atom stereocenters. The molecular weight excluding hydrogens is 496 g/mol. The minimum Gasteiger partial charge on any atom is -0.507 e. The van der Waals surface area contributed by atoms with E-state index in [0.717, 1.165) is 48.5 Å². The van der Waals surface area contributed by atoms with Gasteiger partial charge in [0.25, 0.3) is 0 Å². The second-order valence-corrected chi connectivity index (χ2v) is 8.19. The quantitative estimate of drug-likeness (QED) is 0.120. The zero-order chi connectivity index (χ0) is 27.7. The zero-order valence-electron chi connectivity index (χ0n) is 19.2. The Balaban J connectivity index is 1.57. The van der Waals surface area contributed by atoms with Gasteiger partial charge in [0, 0.05) is 11.1 Å². The summed E-state index contributed by atoms with van der Waals surface area (Å²) in [5, 5.41) is 58.7. The van der Waals surface area contributed by atoms with E-state index in [9.17, 15) is 49.8 Å². The van der Waals surface area contributed by atoms with Gasteiger partial charge < -0.3 is 30.6 Å². The van der Waals surface area contributed by atoms with E-state index in [-0.39, 0.29) is 22.3 Å². The van der Waals surface area contributed by atoms with Crippen LogP contribution in [-0.4, -0.2) is 53.8 Å². The van der Waals surface area contributed by atoms with Crippen molar-refractivity contribution >= 4 is 23.1 Å². The Labute approximate surface area is 213 Å². The Bertz CT molecular complexity index is 1530. The van der Waals surface area contributed by atoms with Crippen LogP contribution >= 0.6 is 0 Å². The van der Waals surface area contributed by atoms with Crippen molar-refractivity contribution in [2.75, 3.05) is 0 Å². The van der Waals surface area contributed by atoms with Gasteiger partial charge in [-0.25, -0.2) is 0 Å². The van der Waals surface area contributed by atoms with Crippen molar-refractivity contribution in [2.24, 2.45) is 0 Å². The van der Waals surface area contributed by atoms with Gasteiger partial charge >= 0.3 is 0 Å². The van der Waals surface area contributed by atoms with Gasteiger partial charge in [0.1, 0.15) is 11.5 Å². The summed E-state index contributed by atoms with van der Waals surface area (Å²) in [6.07, 6.45) is 0. The van der Waals surface area contributed by atoms with E-state index in [4.69, 9.17) is 0 Å². The van der Waals surface area contributed by atoms with Crippen molar-refractivity contribution in [3.05, 3.63) is 95.1 Å². The van der Waals surface area contributed by atoms with Crippen molar-refractivity contribution in [3.63, 3.8) is 0 Å². The summed E-state index contributed by atoms with van der Waals surface area (Å²) < 4.78 is 0. The van der Waals surface area contributed by atoms with Gasteiger partial charge in [-0.05, 0) is 71.8 Å². The Morgan fingerprint density at radius 1 is 0.368 bits per heavy atom. The lowest BCUT2D eigenvalue weighted by Crippen LogP contribution is -2.15. The molecule has 0 fully saturated rings. The molecule has 0 saturated carbocycles. The van der Waals surface area contributed by atoms with E-state index in [1.165, 1.54) is 24.3 Å². The molecule has 4 aromatic rings. The number of phenols is 6. The molecule has 190 valence electrons. The fraction of sp³-hybridized carbons (Fsp3) is 0. The number of Topliss-reactive ketones (excluding diaryl/α,β-unsaturated/α-hetero) is 4. The first kappa shape index (κ1) is 25.5. The number of aromatic hydroxyl groups is 6. The van der Waals surface area contributed by atoms with Crippen LogP contribution < -0.4 is 0 Å². The van der Waals surface area contributed by atoms with Gasteiger partial charge in [-0.15, -0.1) is 0 Å². The van der Waals surface area contributed by atoms with Crippen LogP contribution in [0, 0.1) is 0 Å². The van der Waals surface area contributed by atoms with Gasteiger partial charge in [-0.1, -0.05) is 12.1 Å². The Morgan fingerprint density at radius 2 is 0.737 bits per heavy atom. The number of rotatable bonds is 7. The lowest BCUT2D eigenvalue weighted by Gasteiger charge is -2.10. The summed E-state index contributed by atoms with van der Waals surface area (Å²) >= 11 is 0. The highest BCUT2D eigenvalue weighted by molar-refractivity contribution is 6.50. The predicted molar refractivity (Wildman–Crippen MR) is 132 cm³/mol. The summed E-state index contributed by atoms with van der Waals surface area (Å²) in [5.74, 6) is -7.42. The third kappa shape index (κ3) is 4.73. The zero-order valence-corrected chi connectivity index (χ0v) is 19.2. The second-order valence-electron chi connectivity index (χ2n) is 8.19. The molecule has 0 aliphatic rings. The minimum atomic E-state index is -1.07. The molecule has 0 spiro atoms. The van der Waals surface area contributed by atoms with Gasteiger partial charge in [-0.2, -0.15) is 0 Å². The van der Waals surface area contributed by atoms with Crippen LogP contribution in [0.4, 0.5) is 0 Å². The number of carbonyl (C=O) groups is 4. The summed E-state index contributed by atoms with van der Waals surface area (Å²) in [7, 11) is 0. The topological polar surface area (TPSA) is 190 Å². The van der Waals surface area contributed by atoms with Crippen LogP contribution in [0.2, 0.25) is 0 Å². The van der Waals surface area contributed by atoms with Gasteiger partial charge in [0.15, 0.2) is 23.0 Å². The smallest absolute Gasteiger partial charge is 0.237 e. The molecule has 0 heterocycles. The Kier molecular flexibility index (Phi) is 6.55. The van der Waals surface area contributed by atoms with Crippen LogP contribution in [0.3, 0.4) is 0 Å². The highest BCUT2D eigenvalue weighted by atomic mass is 16.3. The van der Waals surface area contributed by atoms with E-state index in [0.29, 0.717) is 11.1 Å². The van der Waals surface area contributed by atoms with Crippen LogP contribution in [0.25, 0.3) is 11.1 Å². The number of ketones is 4. The molecule has 0 unspecified atom stereocenters. The van der Waals surface area contributed by atoms with Gasteiger partial charge in [-0.3, -0.25) is 19.2 Å². The molecular formula is C28H18O10. The van der Waals surface area contributed by atoms with Crippen LogP contribution in [0.15, 0.2) is 72.8 Å². The monoisotopic (exact) mass is 514 g/mol. The van der Waals surface area contributed by atoms with Crippen molar-refractivity contribution in [2.45, 2.75) is 0 Å². The van der Waals surface area contributed by atoms with Crippen molar-refractivity contribution in [1.82, 2.24) is 0 Å². The molecule has 0 aliphatic heterocycles. The number of carbonyl (C=O) groups excluding carboxylic acids is 4. The summed E-state index contributed by atoms with van der Waals surface area (Å²) in [6.45, 7) is 0. The summed E-state index contributed by atoms with van der Waals surface area (Å²) in [4.78, 5) is 50.2. The molecule has 0 saturated heterocycles. The molecule has 6 N–H and O–H groups in total. The highest BCUT2D eigenvalue weighted by Gasteiger charge is 2.24. The number of phenolic OH excluding ortho intramolecular Hbond substituents is 6. The minimum absolute atomic E-state index is 0.198. The van der Waals surface area contributed by atoms with E-state index in [2.05, 4.69) is 0 Å². The maximum atomic E-state index is 12.6. The first-order chi connectivity index (χ1) is 18.0. The number of hydrogen-bond acceptors (Lipinski definition) is 10. The molecule has 0 radical (unpaired) electrons. The van der Waals surface area contributed by atoms with E-state index in [1.807, 2.05) is 0 Å². The third-order valence-corrected chi connectivity index (χ3v) is 5.71. The maximum Gasteiger partial charge on any atom is 0.237 e. The molecule has 10 heteroatoms. The Hall–Kier alpha value is -5.64. The highest BCUT2D eigenvalue weighted by Crippen LogP contribution is 2.32. The average molecular weight is 514 g/mol. The fourth-order valence-corrected chi connectivity index (χ4v) is 3.64. The van der Waals surface area contributed by atoms with Crippen LogP contribution in [0.5, 0.6) is 34.5 Å². The molecule has 0 amide bonds. The molecule has 4 aromatic carbocycles. The van der Waals surface area contributed by atoms with Crippen LogP contribution in [0.1, 0.15) is 41.4 Å². The van der Waals surface area contributed by atoms with E-state index in [1.54, 1.807) is 0 Å². The van der Waals surface area contributed by atoms with Crippen molar-refractivity contribution < 1.29 is 49.8 Å². The number of hydrogen-bond donors (Lipinski definition) is 6. The molecule has 4 rings (SSSR count). The van der Waals surface area contributed by atoms with Gasteiger partial charge in [0.2, 0.25) is 23.1 Å². The first-order valence-electron chi connectivity index (χ1n) is 10.9. The van der Waals surface area contributed by atoms with Crippen LogP contribution in [-0.2, 0) is 0 Å². The first-order valence-corrected chi connectivity index (χ1v) is 10.9. The largest absolute Gasteiger partial charge is 0.507 e. The number of benzene rings is 4. The second kappa shape index (κ2) is 9.78. The van der Waals surface area contributed by atoms with Gasteiger partial charge in [0.05, 0.1) is 11.1 Å². The predicted octanol–water partition coefficient (Wildman–Crippen LogP) is 3.72. The average Bonchev–Trinajstić information content (AvgIpc) is 2.90. The Morgan fingerprint density at radius 3 is 1.05 bits per heavy atom. The third-order valence-electron chi connectivity index (χ3n) is 5.71. The SMILES string of the molecule is O=C(C(=O)c1ccc(-c2ccc(C(=O)C(=O)c3ccc(O)c(O)c3)c(O)c2)cc1O)c1ccc(O)c(O)c1. The molecule has 10 nitrogen and oxygen atoms in total.